The number of likely N-dealkylation sites (tertiary alicyclic amines) is 1. The van der Waals surface area contributed by atoms with Crippen molar-refractivity contribution in [3.63, 3.8) is 0 Å². The molecule has 4 heterocycles. The summed E-state index contributed by atoms with van der Waals surface area (Å²) in [4.78, 5) is 19.5. The first-order valence-corrected chi connectivity index (χ1v) is 9.28. The van der Waals surface area contributed by atoms with Crippen LogP contribution < -0.4 is 5.32 Å². The minimum Gasteiger partial charge on any atom is -0.361 e. The zero-order valence-corrected chi connectivity index (χ0v) is 14.7. The average Bonchev–Trinajstić information content (AvgIpc) is 2.88. The van der Waals surface area contributed by atoms with E-state index in [1.54, 1.807) is 6.20 Å². The lowest BCUT2D eigenvalue weighted by atomic mass is 10.0. The number of anilines is 1. The fraction of sp³-hybridized carbons (Fsp3) is 0.526. The van der Waals surface area contributed by atoms with Crippen molar-refractivity contribution >= 4 is 11.7 Å². The molecule has 1 fully saturated rings. The molecule has 1 amide bonds. The van der Waals surface area contributed by atoms with Gasteiger partial charge in [-0.15, -0.1) is 0 Å². The molecule has 2 atom stereocenters. The minimum atomic E-state index is 0.101. The number of carbonyl (C=O) groups is 1. The van der Waals surface area contributed by atoms with E-state index in [1.807, 2.05) is 34.0 Å². The number of aromatic nitrogens is 3. The number of carbonyl (C=O) groups excluding carboxylic acids is 1. The van der Waals surface area contributed by atoms with Crippen molar-refractivity contribution in [2.75, 3.05) is 18.4 Å². The summed E-state index contributed by atoms with van der Waals surface area (Å²) >= 11 is 0. The van der Waals surface area contributed by atoms with Crippen molar-refractivity contribution in [1.29, 1.82) is 0 Å². The Hall–Kier alpha value is -2.37. The Balaban J connectivity index is 1.61. The summed E-state index contributed by atoms with van der Waals surface area (Å²) in [7, 11) is 0. The zero-order chi connectivity index (χ0) is 17.2. The van der Waals surface area contributed by atoms with E-state index < -0.39 is 0 Å². The predicted molar refractivity (Wildman–Crippen MR) is 96.5 cm³/mol. The third-order valence-corrected chi connectivity index (χ3v) is 5.27. The number of rotatable bonds is 2. The van der Waals surface area contributed by atoms with Crippen molar-refractivity contribution in [2.24, 2.45) is 0 Å². The van der Waals surface area contributed by atoms with Gasteiger partial charge in [0.05, 0.1) is 24.0 Å². The van der Waals surface area contributed by atoms with Gasteiger partial charge < -0.3 is 10.2 Å². The van der Waals surface area contributed by atoms with Gasteiger partial charge in [0.15, 0.2) is 0 Å². The highest BCUT2D eigenvalue weighted by molar-refractivity contribution is 5.99. The topological polar surface area (TPSA) is 63.1 Å². The summed E-state index contributed by atoms with van der Waals surface area (Å²) in [6.07, 6.45) is 9.07. The van der Waals surface area contributed by atoms with E-state index in [1.165, 1.54) is 12.8 Å². The van der Waals surface area contributed by atoms with E-state index in [4.69, 9.17) is 0 Å². The van der Waals surface area contributed by atoms with Crippen molar-refractivity contribution in [3.05, 3.63) is 41.9 Å². The first-order valence-electron chi connectivity index (χ1n) is 9.28. The van der Waals surface area contributed by atoms with Crippen LogP contribution in [0.2, 0.25) is 0 Å². The third kappa shape index (κ3) is 3.13. The Kier molecular flexibility index (Phi) is 4.42. The smallest absolute Gasteiger partial charge is 0.259 e. The highest BCUT2D eigenvalue weighted by atomic mass is 16.2. The molecular formula is C19H25N5O. The van der Waals surface area contributed by atoms with Crippen LogP contribution >= 0.6 is 0 Å². The van der Waals surface area contributed by atoms with Gasteiger partial charge in [0, 0.05) is 19.3 Å². The molecule has 2 unspecified atom stereocenters. The maximum Gasteiger partial charge on any atom is 0.259 e. The van der Waals surface area contributed by atoms with Crippen LogP contribution in [0.1, 0.15) is 67.2 Å². The molecular weight excluding hydrogens is 314 g/mol. The summed E-state index contributed by atoms with van der Waals surface area (Å²) in [6, 6.07) is 6.30. The Morgan fingerprint density at radius 1 is 1.20 bits per heavy atom. The van der Waals surface area contributed by atoms with Crippen LogP contribution in [0.15, 0.2) is 30.6 Å². The molecule has 2 aliphatic rings. The molecule has 6 heteroatoms. The largest absolute Gasteiger partial charge is 0.361 e. The number of fused-ring (bicyclic) bond motifs is 1. The number of hydrogen-bond donors (Lipinski definition) is 1. The van der Waals surface area contributed by atoms with Crippen molar-refractivity contribution < 1.29 is 4.79 Å². The van der Waals surface area contributed by atoms with Gasteiger partial charge in [-0.2, -0.15) is 5.10 Å². The molecule has 0 spiro atoms. The van der Waals surface area contributed by atoms with Crippen LogP contribution in [-0.2, 0) is 0 Å². The monoisotopic (exact) mass is 339 g/mol. The van der Waals surface area contributed by atoms with Gasteiger partial charge in [0.1, 0.15) is 11.4 Å². The number of hydrogen-bond acceptors (Lipinski definition) is 4. The van der Waals surface area contributed by atoms with E-state index in [-0.39, 0.29) is 18.0 Å². The Morgan fingerprint density at radius 2 is 2.00 bits per heavy atom. The SMILES string of the molecule is CC1CC(c2ccccn2)Nc2c(C(=O)N3CCCCCC3)cnn21. The summed E-state index contributed by atoms with van der Waals surface area (Å²) in [5.41, 5.74) is 1.70. The van der Waals surface area contributed by atoms with Crippen molar-refractivity contribution in [3.8, 4) is 0 Å². The molecule has 0 aliphatic carbocycles. The lowest BCUT2D eigenvalue weighted by molar-refractivity contribution is 0.0762. The normalized spacial score (nSPS) is 23.5. The highest BCUT2D eigenvalue weighted by Gasteiger charge is 2.31. The first kappa shape index (κ1) is 16.1. The van der Waals surface area contributed by atoms with Crippen LogP contribution in [-0.4, -0.2) is 38.7 Å². The second-order valence-electron chi connectivity index (χ2n) is 7.09. The molecule has 2 aromatic heterocycles. The molecule has 2 aliphatic heterocycles. The Morgan fingerprint density at radius 3 is 2.72 bits per heavy atom. The molecule has 25 heavy (non-hydrogen) atoms. The van der Waals surface area contributed by atoms with Gasteiger partial charge in [-0.3, -0.25) is 9.78 Å². The van der Waals surface area contributed by atoms with Crippen LogP contribution in [0.25, 0.3) is 0 Å². The minimum absolute atomic E-state index is 0.101. The Bertz CT molecular complexity index is 734. The summed E-state index contributed by atoms with van der Waals surface area (Å²) in [6.45, 7) is 3.85. The molecule has 4 rings (SSSR count). The molecule has 6 nitrogen and oxygen atoms in total. The van der Waals surface area contributed by atoms with Gasteiger partial charge in [0.2, 0.25) is 0 Å². The van der Waals surface area contributed by atoms with Gasteiger partial charge in [-0.05, 0) is 38.3 Å². The molecule has 0 radical (unpaired) electrons. The average molecular weight is 339 g/mol. The second-order valence-corrected chi connectivity index (χ2v) is 7.09. The number of nitrogens with zero attached hydrogens (tertiary/aromatic N) is 4. The van der Waals surface area contributed by atoms with E-state index in [0.717, 1.165) is 43.9 Å². The van der Waals surface area contributed by atoms with Gasteiger partial charge in [-0.1, -0.05) is 18.9 Å². The maximum absolute atomic E-state index is 13.1. The lowest BCUT2D eigenvalue weighted by Crippen LogP contribution is -2.33. The van der Waals surface area contributed by atoms with Crippen LogP contribution in [0.4, 0.5) is 5.82 Å². The molecule has 1 saturated heterocycles. The summed E-state index contributed by atoms with van der Waals surface area (Å²) in [5.74, 6) is 0.938. The number of pyridine rings is 1. The summed E-state index contributed by atoms with van der Waals surface area (Å²) < 4.78 is 1.95. The van der Waals surface area contributed by atoms with E-state index >= 15 is 0 Å². The van der Waals surface area contributed by atoms with Gasteiger partial charge in [0.25, 0.3) is 5.91 Å². The first-order chi connectivity index (χ1) is 12.2. The lowest BCUT2D eigenvalue weighted by Gasteiger charge is -2.31. The van der Waals surface area contributed by atoms with Gasteiger partial charge >= 0.3 is 0 Å². The maximum atomic E-state index is 13.1. The van der Waals surface area contributed by atoms with Crippen molar-refractivity contribution in [2.45, 2.75) is 51.1 Å². The number of nitrogens with one attached hydrogen (secondary N) is 1. The predicted octanol–water partition coefficient (Wildman–Crippen LogP) is 3.41. The number of amides is 1. The van der Waals surface area contributed by atoms with E-state index in [9.17, 15) is 4.79 Å². The fourth-order valence-electron chi connectivity index (χ4n) is 3.88. The van der Waals surface area contributed by atoms with Crippen LogP contribution in [0, 0.1) is 0 Å². The van der Waals surface area contributed by atoms with E-state index in [0.29, 0.717) is 5.56 Å². The fourth-order valence-corrected chi connectivity index (χ4v) is 3.88. The third-order valence-electron chi connectivity index (χ3n) is 5.27. The molecule has 2 aromatic rings. The van der Waals surface area contributed by atoms with E-state index in [2.05, 4.69) is 22.3 Å². The van der Waals surface area contributed by atoms with Crippen LogP contribution in [0.3, 0.4) is 0 Å². The Labute approximate surface area is 148 Å². The van der Waals surface area contributed by atoms with Crippen LogP contribution in [0.5, 0.6) is 0 Å². The standard InChI is InChI=1S/C19H25N5O/c1-14-12-17(16-8-4-5-9-20-16)22-18-15(13-21-24(14)18)19(25)23-10-6-2-3-7-11-23/h4-5,8-9,13-14,17,22H,2-3,6-7,10-12H2,1H3. The van der Waals surface area contributed by atoms with Crippen molar-refractivity contribution in [1.82, 2.24) is 19.7 Å². The summed E-state index contributed by atoms with van der Waals surface area (Å²) in [5, 5.41) is 8.01. The molecule has 0 aromatic carbocycles. The zero-order valence-electron chi connectivity index (χ0n) is 14.7. The quantitative estimate of drug-likeness (QED) is 0.911. The molecule has 132 valence electrons. The molecule has 0 saturated carbocycles. The molecule has 0 bridgehead atoms. The highest BCUT2D eigenvalue weighted by Crippen LogP contribution is 2.36. The second kappa shape index (κ2) is 6.86. The van der Waals surface area contributed by atoms with Gasteiger partial charge in [-0.25, -0.2) is 4.68 Å². The molecule has 1 N–H and O–H groups in total.